The third-order valence-corrected chi connectivity index (χ3v) is 13.9. The standard InChI is InChI=1S/C49H60N8O8/c1-24(2)41(54-48(60)62-7)47(59)57-26(4)9-14-38(57)44-50-21-37(52-44)30-10-12-33-32(18-30)23-64-40-20-34-29(19-35(33)40)11-13-36-43(34)53-45(51-36)39-15-25(3)22-56(39)46(58)42(55-49(61)63-8)31-16-27(5)65-28(6)17-31/h10-13,18-21,24-28,31,38-39,41-42H,9,14-17,22-23H2,1-8H3,(H,50,52)(H,51,53)(H,54,60)(H,55,61)/t25-,26-,27+,28+,38-,39-,41-,42-/m0/s1. The summed E-state index contributed by atoms with van der Waals surface area (Å²) in [7, 11) is 2.61. The Morgan fingerprint density at radius 3 is 2.32 bits per heavy atom. The van der Waals surface area contributed by atoms with E-state index in [9.17, 15) is 19.2 Å². The number of H-pyrrole nitrogens is 2. The molecule has 0 unspecified atom stereocenters. The molecule has 16 nitrogen and oxygen atoms in total. The summed E-state index contributed by atoms with van der Waals surface area (Å²) in [4.78, 5) is 73.9. The number of imidazole rings is 2. The van der Waals surface area contributed by atoms with E-state index in [1.807, 2.05) is 56.7 Å². The third-order valence-electron chi connectivity index (χ3n) is 13.9. The number of aromatic amines is 2. The number of nitrogens with zero attached hydrogens (tertiary/aromatic N) is 4. The predicted octanol–water partition coefficient (Wildman–Crippen LogP) is 7.94. The summed E-state index contributed by atoms with van der Waals surface area (Å²) in [6, 6.07) is 12.6. The zero-order valence-electron chi connectivity index (χ0n) is 38.4. The Hall–Kier alpha value is -6.16. The minimum absolute atomic E-state index is 0.0193. The fourth-order valence-electron chi connectivity index (χ4n) is 10.8. The zero-order chi connectivity index (χ0) is 45.8. The van der Waals surface area contributed by atoms with Gasteiger partial charge in [0.25, 0.3) is 0 Å². The second-order valence-electron chi connectivity index (χ2n) is 19.0. The highest BCUT2D eigenvalue weighted by molar-refractivity contribution is 6.07. The van der Waals surface area contributed by atoms with Gasteiger partial charge in [0.2, 0.25) is 11.8 Å². The fraction of sp³-hybridized carbons (Fsp3) is 0.510. The van der Waals surface area contributed by atoms with Crippen molar-refractivity contribution in [3.8, 4) is 28.1 Å². The number of methoxy groups -OCH3 is 2. The van der Waals surface area contributed by atoms with Crippen molar-refractivity contribution >= 4 is 45.8 Å². The van der Waals surface area contributed by atoms with Crippen LogP contribution in [0.1, 0.15) is 103 Å². The number of hydrogen-bond donors (Lipinski definition) is 4. The van der Waals surface area contributed by atoms with E-state index >= 15 is 0 Å². The average Bonchev–Trinajstić information content (AvgIpc) is 4.11. The van der Waals surface area contributed by atoms with Gasteiger partial charge in [0.15, 0.2) is 0 Å². The van der Waals surface area contributed by atoms with E-state index in [2.05, 4.69) is 63.9 Å². The molecule has 5 aromatic rings. The second kappa shape index (κ2) is 17.7. The number of alkyl carbamates (subject to hydrolysis) is 2. The molecule has 0 saturated carbocycles. The van der Waals surface area contributed by atoms with E-state index in [4.69, 9.17) is 28.9 Å². The first-order valence-electron chi connectivity index (χ1n) is 23.0. The van der Waals surface area contributed by atoms with E-state index in [1.54, 1.807) is 0 Å². The Labute approximate surface area is 378 Å². The minimum Gasteiger partial charge on any atom is -0.488 e. The first-order valence-corrected chi connectivity index (χ1v) is 23.0. The van der Waals surface area contributed by atoms with Crippen LogP contribution < -0.4 is 15.4 Å². The number of amides is 4. The van der Waals surface area contributed by atoms with E-state index in [-0.39, 0.29) is 59.9 Å². The monoisotopic (exact) mass is 888 g/mol. The van der Waals surface area contributed by atoms with Crippen molar-refractivity contribution in [3.05, 3.63) is 65.9 Å². The first kappa shape index (κ1) is 44.1. The van der Waals surface area contributed by atoms with Crippen molar-refractivity contribution in [2.45, 2.75) is 123 Å². The Morgan fingerprint density at radius 1 is 0.831 bits per heavy atom. The topological polar surface area (TPSA) is 193 Å². The van der Waals surface area contributed by atoms with Crippen molar-refractivity contribution < 1.29 is 38.1 Å². The molecule has 8 atom stereocenters. The maximum Gasteiger partial charge on any atom is 0.407 e. The van der Waals surface area contributed by atoms with Crippen molar-refractivity contribution in [2.24, 2.45) is 17.8 Å². The zero-order valence-corrected chi connectivity index (χ0v) is 38.4. The van der Waals surface area contributed by atoms with Crippen LogP contribution in [0.15, 0.2) is 48.7 Å². The summed E-state index contributed by atoms with van der Waals surface area (Å²) in [5.74, 6) is 1.91. The molecular weight excluding hydrogens is 829 g/mol. The second-order valence-corrected chi connectivity index (χ2v) is 19.0. The quantitative estimate of drug-likeness (QED) is 0.113. The molecule has 3 aromatic carbocycles. The predicted molar refractivity (Wildman–Crippen MR) is 244 cm³/mol. The molecule has 4 aliphatic rings. The van der Waals surface area contributed by atoms with E-state index in [0.29, 0.717) is 37.6 Å². The van der Waals surface area contributed by atoms with Gasteiger partial charge in [0, 0.05) is 23.5 Å². The van der Waals surface area contributed by atoms with Crippen LogP contribution in [0.5, 0.6) is 5.75 Å². The molecule has 3 saturated heterocycles. The van der Waals surface area contributed by atoms with Crippen LogP contribution in [0.4, 0.5) is 9.59 Å². The summed E-state index contributed by atoms with van der Waals surface area (Å²) < 4.78 is 22.2. The molecule has 4 amide bonds. The lowest BCUT2D eigenvalue weighted by atomic mass is 9.85. The van der Waals surface area contributed by atoms with Gasteiger partial charge in [-0.1, -0.05) is 39.0 Å². The van der Waals surface area contributed by atoms with E-state index in [1.165, 1.54) is 14.2 Å². The Balaban J connectivity index is 0.964. The molecule has 4 aliphatic heterocycles. The number of ether oxygens (including phenoxy) is 4. The molecule has 3 fully saturated rings. The van der Waals surface area contributed by atoms with Crippen molar-refractivity contribution in [1.29, 1.82) is 0 Å². The largest absolute Gasteiger partial charge is 0.488 e. The van der Waals surface area contributed by atoms with E-state index in [0.717, 1.165) is 74.8 Å². The molecule has 0 bridgehead atoms. The number of fused-ring (bicyclic) bond motifs is 6. The number of aromatic nitrogens is 4. The highest BCUT2D eigenvalue weighted by atomic mass is 16.5. The van der Waals surface area contributed by atoms with Gasteiger partial charge in [-0.05, 0) is 117 Å². The molecular formula is C49H60N8O8. The van der Waals surface area contributed by atoms with Crippen LogP contribution in [-0.4, -0.2) is 105 Å². The normalized spacial score (nSPS) is 24.9. The van der Waals surface area contributed by atoms with Crippen LogP contribution in [0.2, 0.25) is 0 Å². The van der Waals surface area contributed by atoms with Gasteiger partial charge in [-0.15, -0.1) is 0 Å². The number of likely N-dealkylation sites (tertiary alicyclic amines) is 2. The van der Waals surface area contributed by atoms with Gasteiger partial charge < -0.3 is 49.3 Å². The molecule has 9 rings (SSSR count). The van der Waals surface area contributed by atoms with Crippen LogP contribution in [0.25, 0.3) is 44.2 Å². The summed E-state index contributed by atoms with van der Waals surface area (Å²) in [6.07, 6.45) is 4.11. The lowest BCUT2D eigenvalue weighted by Crippen LogP contribution is -2.54. The molecule has 0 aliphatic carbocycles. The maximum atomic E-state index is 14.5. The number of nitrogens with one attached hydrogen (secondary N) is 4. The maximum absolute atomic E-state index is 14.5. The van der Waals surface area contributed by atoms with Gasteiger partial charge in [-0.3, -0.25) is 9.59 Å². The summed E-state index contributed by atoms with van der Waals surface area (Å²) in [5.41, 5.74) is 6.58. The third kappa shape index (κ3) is 8.36. The molecule has 6 heterocycles. The molecule has 4 N–H and O–H groups in total. The van der Waals surface area contributed by atoms with Gasteiger partial charge in [-0.2, -0.15) is 0 Å². The van der Waals surface area contributed by atoms with Crippen molar-refractivity contribution in [1.82, 2.24) is 40.4 Å². The molecule has 65 heavy (non-hydrogen) atoms. The average molecular weight is 889 g/mol. The van der Waals surface area contributed by atoms with Crippen LogP contribution in [0.3, 0.4) is 0 Å². The number of carbonyl (C=O) groups excluding carboxylic acids is 4. The Morgan fingerprint density at radius 2 is 1.58 bits per heavy atom. The minimum atomic E-state index is -0.750. The van der Waals surface area contributed by atoms with Crippen LogP contribution in [0, 0.1) is 17.8 Å². The highest BCUT2D eigenvalue weighted by Gasteiger charge is 2.44. The first-order chi connectivity index (χ1) is 31.2. The molecule has 344 valence electrons. The van der Waals surface area contributed by atoms with Crippen LogP contribution in [-0.2, 0) is 30.4 Å². The van der Waals surface area contributed by atoms with Crippen molar-refractivity contribution in [3.63, 3.8) is 0 Å². The fourth-order valence-corrected chi connectivity index (χ4v) is 10.8. The molecule has 0 spiro atoms. The highest BCUT2D eigenvalue weighted by Crippen LogP contribution is 2.44. The number of hydrogen-bond acceptors (Lipinski definition) is 10. The lowest BCUT2D eigenvalue weighted by Gasteiger charge is -2.38. The number of rotatable bonds is 9. The van der Waals surface area contributed by atoms with Gasteiger partial charge in [-0.25, -0.2) is 19.6 Å². The molecule has 0 radical (unpaired) electrons. The molecule has 16 heteroatoms. The number of benzene rings is 3. The smallest absolute Gasteiger partial charge is 0.407 e. The summed E-state index contributed by atoms with van der Waals surface area (Å²) in [6.45, 7) is 12.9. The SMILES string of the molecule is COC(=O)N[C@H](C(=O)N1[C@@H](C)CC[C@H]1c1ncc(-c2ccc3c(c2)COc2cc4c(ccc5nc([C@@H]6C[C@H](C)CN6C(=O)[C@@H](NC(=O)OC)C6C[C@@H](C)O[C@H](C)C6)[nH]c54)cc2-3)[nH]1)C(C)C. The van der Waals surface area contributed by atoms with Crippen molar-refractivity contribution in [2.75, 3.05) is 20.8 Å². The van der Waals surface area contributed by atoms with Crippen LogP contribution >= 0.6 is 0 Å². The van der Waals surface area contributed by atoms with E-state index < -0.39 is 24.3 Å². The van der Waals surface area contributed by atoms with Gasteiger partial charge in [0.05, 0.1) is 61.4 Å². The lowest BCUT2D eigenvalue weighted by molar-refractivity contribution is -0.139. The Bertz CT molecular complexity index is 2630. The van der Waals surface area contributed by atoms with Gasteiger partial charge >= 0.3 is 12.2 Å². The number of carbonyl (C=O) groups is 4. The summed E-state index contributed by atoms with van der Waals surface area (Å²) in [5, 5.41) is 7.61. The summed E-state index contributed by atoms with van der Waals surface area (Å²) >= 11 is 0. The molecule has 2 aromatic heterocycles. The Kier molecular flexibility index (Phi) is 12.0. The van der Waals surface area contributed by atoms with Gasteiger partial charge in [0.1, 0.15) is 36.1 Å².